The molecular formula is C25H29BrClN5O4. The van der Waals surface area contributed by atoms with Gasteiger partial charge in [-0.05, 0) is 84.3 Å². The normalized spacial score (nSPS) is 14.4. The number of ether oxygens (including phenoxy) is 2. The number of hydrogen-bond donors (Lipinski definition) is 2. The van der Waals surface area contributed by atoms with Crippen molar-refractivity contribution in [1.82, 2.24) is 19.9 Å². The fourth-order valence-corrected chi connectivity index (χ4v) is 4.54. The zero-order chi connectivity index (χ0) is 25.9. The van der Waals surface area contributed by atoms with Crippen LogP contribution in [-0.4, -0.2) is 38.4 Å². The highest BCUT2D eigenvalue weighted by molar-refractivity contribution is 9.10. The van der Waals surface area contributed by atoms with Crippen molar-refractivity contribution in [3.05, 3.63) is 57.4 Å². The molecule has 3 aromatic rings. The van der Waals surface area contributed by atoms with Crippen LogP contribution in [0.25, 0.3) is 5.52 Å². The summed E-state index contributed by atoms with van der Waals surface area (Å²) in [5, 5.41) is 9.90. The second kappa shape index (κ2) is 11.0. The molecule has 1 aliphatic rings. The molecule has 11 heteroatoms. The van der Waals surface area contributed by atoms with Crippen molar-refractivity contribution in [2.75, 3.05) is 5.32 Å². The molecule has 2 aromatic heterocycles. The first kappa shape index (κ1) is 26.2. The number of fused-ring (bicyclic) bond motifs is 1. The van der Waals surface area contributed by atoms with Crippen molar-refractivity contribution in [3.63, 3.8) is 0 Å². The molecule has 1 aliphatic carbocycles. The number of anilines is 1. The summed E-state index contributed by atoms with van der Waals surface area (Å²) in [6.45, 7) is 5.63. The van der Waals surface area contributed by atoms with E-state index in [1.165, 1.54) is 0 Å². The fourth-order valence-electron chi connectivity index (χ4n) is 3.83. The van der Waals surface area contributed by atoms with Crippen molar-refractivity contribution in [2.45, 2.75) is 64.7 Å². The van der Waals surface area contributed by atoms with Gasteiger partial charge in [0.1, 0.15) is 22.3 Å². The Bertz CT molecular complexity index is 1240. The predicted molar refractivity (Wildman–Crippen MR) is 140 cm³/mol. The van der Waals surface area contributed by atoms with Gasteiger partial charge in [-0.15, -0.1) is 5.10 Å². The summed E-state index contributed by atoms with van der Waals surface area (Å²) in [6, 6.07) is 11.1. The van der Waals surface area contributed by atoms with E-state index in [0.29, 0.717) is 22.5 Å². The van der Waals surface area contributed by atoms with Crippen molar-refractivity contribution in [1.29, 1.82) is 0 Å². The Labute approximate surface area is 223 Å². The first-order valence-corrected chi connectivity index (χ1v) is 13.0. The maximum atomic E-state index is 12.5. The summed E-state index contributed by atoms with van der Waals surface area (Å²) in [4.78, 5) is 29.1. The topological polar surface area (TPSA) is 107 Å². The molecule has 1 fully saturated rings. The highest BCUT2D eigenvalue weighted by Gasteiger charge is 2.29. The Morgan fingerprint density at radius 1 is 1.22 bits per heavy atom. The molecule has 9 nitrogen and oxygen atoms in total. The summed E-state index contributed by atoms with van der Waals surface area (Å²) in [7, 11) is 0. The van der Waals surface area contributed by atoms with Crippen molar-refractivity contribution < 1.29 is 19.1 Å². The lowest BCUT2D eigenvalue weighted by Crippen LogP contribution is -2.40. The second-order valence-electron chi connectivity index (χ2n) is 9.90. The van der Waals surface area contributed by atoms with Gasteiger partial charge in [0, 0.05) is 6.04 Å². The van der Waals surface area contributed by atoms with Gasteiger partial charge >= 0.3 is 12.2 Å². The van der Waals surface area contributed by atoms with Crippen molar-refractivity contribution in [3.8, 4) is 0 Å². The number of aromatic nitrogens is 3. The average Bonchev–Trinajstić information content (AvgIpc) is 3.55. The van der Waals surface area contributed by atoms with Gasteiger partial charge in [-0.2, -0.15) is 4.98 Å². The number of benzene rings is 1. The number of amides is 2. The largest absolute Gasteiger partial charge is 0.444 e. The molecule has 0 spiro atoms. The first-order chi connectivity index (χ1) is 17.1. The minimum Gasteiger partial charge on any atom is -0.444 e. The zero-order valence-corrected chi connectivity index (χ0v) is 22.7. The van der Waals surface area contributed by atoms with Crippen LogP contribution in [-0.2, 0) is 22.5 Å². The molecule has 0 radical (unpaired) electrons. The molecule has 2 amide bonds. The highest BCUT2D eigenvalue weighted by atomic mass is 79.9. The molecule has 36 heavy (non-hydrogen) atoms. The summed E-state index contributed by atoms with van der Waals surface area (Å²) < 4.78 is 13.0. The van der Waals surface area contributed by atoms with Gasteiger partial charge in [-0.1, -0.05) is 43.2 Å². The van der Waals surface area contributed by atoms with E-state index in [2.05, 4.69) is 36.6 Å². The maximum absolute atomic E-state index is 12.5. The van der Waals surface area contributed by atoms with E-state index in [9.17, 15) is 9.59 Å². The van der Waals surface area contributed by atoms with Gasteiger partial charge < -0.3 is 14.8 Å². The van der Waals surface area contributed by atoms with Crippen LogP contribution >= 0.6 is 27.5 Å². The number of hydrogen-bond acceptors (Lipinski definition) is 6. The monoisotopic (exact) mass is 577 g/mol. The number of nitrogens with zero attached hydrogens (tertiary/aromatic N) is 3. The average molecular weight is 579 g/mol. The van der Waals surface area contributed by atoms with Crippen LogP contribution in [0.1, 0.15) is 51.2 Å². The Balaban J connectivity index is 1.51. The molecule has 0 aliphatic heterocycles. The first-order valence-electron chi connectivity index (χ1n) is 11.8. The SMILES string of the molecule is CC(C)(C)OC(=O)N[C@H](Cc1cc2c(NC(=O)OCc3ccccc3)nc(Cl)nn2c1Br)CC1CC1. The fraction of sp³-hybridized carbons (Fsp3) is 0.440. The van der Waals surface area contributed by atoms with Gasteiger partial charge in [0.15, 0.2) is 5.82 Å². The van der Waals surface area contributed by atoms with E-state index >= 15 is 0 Å². The Hall–Kier alpha value is -2.85. The highest BCUT2D eigenvalue weighted by Crippen LogP contribution is 2.35. The third kappa shape index (κ3) is 7.33. The van der Waals surface area contributed by atoms with Crippen molar-refractivity contribution >= 4 is 51.1 Å². The summed E-state index contributed by atoms with van der Waals surface area (Å²) in [5.41, 5.74) is 1.71. The molecule has 2 heterocycles. The van der Waals surface area contributed by atoms with E-state index in [1.54, 1.807) is 4.52 Å². The second-order valence-corrected chi connectivity index (χ2v) is 11.0. The van der Waals surface area contributed by atoms with Crippen LogP contribution in [0.2, 0.25) is 5.28 Å². The molecule has 192 valence electrons. The lowest BCUT2D eigenvalue weighted by Gasteiger charge is -2.23. The maximum Gasteiger partial charge on any atom is 0.413 e. The van der Waals surface area contributed by atoms with Gasteiger partial charge in [0.25, 0.3) is 0 Å². The van der Waals surface area contributed by atoms with Gasteiger partial charge in [0.2, 0.25) is 5.28 Å². The van der Waals surface area contributed by atoms with Gasteiger partial charge in [-0.25, -0.2) is 14.1 Å². The van der Waals surface area contributed by atoms with E-state index in [0.717, 1.165) is 30.4 Å². The minimum absolute atomic E-state index is 0.0369. The number of halogens is 2. The van der Waals surface area contributed by atoms with E-state index in [-0.39, 0.29) is 23.8 Å². The van der Waals surface area contributed by atoms with Crippen LogP contribution in [0.4, 0.5) is 15.4 Å². The summed E-state index contributed by atoms with van der Waals surface area (Å²) >= 11 is 9.74. The minimum atomic E-state index is -0.660. The summed E-state index contributed by atoms with van der Waals surface area (Å²) in [6.07, 6.45) is 2.60. The molecule has 4 rings (SSSR count). The lowest BCUT2D eigenvalue weighted by molar-refractivity contribution is 0.0500. The third-order valence-electron chi connectivity index (χ3n) is 5.55. The predicted octanol–water partition coefficient (Wildman–Crippen LogP) is 6.13. The molecule has 0 saturated heterocycles. The molecule has 0 bridgehead atoms. The third-order valence-corrected chi connectivity index (χ3v) is 6.56. The van der Waals surface area contributed by atoms with Crippen LogP contribution < -0.4 is 10.6 Å². The quantitative estimate of drug-likeness (QED) is 0.333. The van der Waals surface area contributed by atoms with Crippen LogP contribution in [0.5, 0.6) is 0 Å². The molecular weight excluding hydrogens is 550 g/mol. The summed E-state index contributed by atoms with van der Waals surface area (Å²) in [5.74, 6) is 0.811. The van der Waals surface area contributed by atoms with E-state index in [4.69, 9.17) is 21.1 Å². The van der Waals surface area contributed by atoms with Crippen LogP contribution in [0.15, 0.2) is 41.0 Å². The molecule has 1 atom stereocenters. The Kier molecular flexibility index (Phi) is 8.04. The van der Waals surface area contributed by atoms with Crippen molar-refractivity contribution in [2.24, 2.45) is 5.92 Å². The van der Waals surface area contributed by atoms with Gasteiger partial charge in [0.05, 0.1) is 0 Å². The standard InChI is InChI=1S/C25H29BrClN5O4/c1-25(2,3)36-24(34)28-18(11-15-9-10-15)12-17-13-19-21(29-22(27)31-32(19)20(17)26)30-23(33)35-14-16-7-5-4-6-8-16/h4-8,13,15,18H,9-12,14H2,1-3H3,(H,28,34)(H,29,30,31,33)/t18-/m0/s1. The van der Waals surface area contributed by atoms with Crippen LogP contribution in [0.3, 0.4) is 0 Å². The molecule has 1 saturated carbocycles. The Morgan fingerprint density at radius 2 is 1.94 bits per heavy atom. The van der Waals surface area contributed by atoms with E-state index < -0.39 is 17.8 Å². The van der Waals surface area contributed by atoms with Gasteiger partial charge in [-0.3, -0.25) is 5.32 Å². The molecule has 1 aromatic carbocycles. The lowest BCUT2D eigenvalue weighted by atomic mass is 10.0. The molecule has 2 N–H and O–H groups in total. The number of carbonyl (C=O) groups is 2. The molecule has 0 unspecified atom stereocenters. The Morgan fingerprint density at radius 3 is 2.61 bits per heavy atom. The van der Waals surface area contributed by atoms with Crippen LogP contribution in [0, 0.1) is 5.92 Å². The number of carbonyl (C=O) groups excluding carboxylic acids is 2. The number of alkyl carbamates (subject to hydrolysis) is 1. The number of rotatable bonds is 8. The van der Waals surface area contributed by atoms with E-state index in [1.807, 2.05) is 57.2 Å². The zero-order valence-electron chi connectivity index (χ0n) is 20.4. The number of nitrogens with one attached hydrogen (secondary N) is 2. The smallest absolute Gasteiger partial charge is 0.413 e.